The minimum atomic E-state index is -0.312. The highest BCUT2D eigenvalue weighted by Crippen LogP contribution is 2.27. The van der Waals surface area contributed by atoms with Crippen molar-refractivity contribution in [1.29, 1.82) is 0 Å². The Hall–Kier alpha value is -3.77. The molecule has 0 aliphatic carbocycles. The van der Waals surface area contributed by atoms with Crippen LogP contribution in [0.1, 0.15) is 18.5 Å². The Kier molecular flexibility index (Phi) is 4.84. The number of nitrogens with one attached hydrogen (secondary N) is 2. The van der Waals surface area contributed by atoms with E-state index in [-0.39, 0.29) is 11.6 Å². The molecular formula is C24H18ClN5O. The van der Waals surface area contributed by atoms with Gasteiger partial charge in [0.05, 0.1) is 11.7 Å². The summed E-state index contributed by atoms with van der Waals surface area (Å²) < 4.78 is 0. The zero-order valence-corrected chi connectivity index (χ0v) is 17.4. The highest BCUT2D eigenvalue weighted by Gasteiger charge is 2.14. The number of benzene rings is 2. The van der Waals surface area contributed by atoms with E-state index in [0.717, 1.165) is 32.9 Å². The third kappa shape index (κ3) is 3.73. The summed E-state index contributed by atoms with van der Waals surface area (Å²) in [6.07, 6.45) is 5.33. The van der Waals surface area contributed by atoms with Crippen molar-refractivity contribution in [3.63, 3.8) is 0 Å². The molecule has 7 heteroatoms. The molecule has 3 aromatic heterocycles. The number of hydrogen-bond acceptors (Lipinski definition) is 5. The van der Waals surface area contributed by atoms with Crippen molar-refractivity contribution in [3.8, 4) is 11.3 Å². The largest absolute Gasteiger partial charge is 0.347 e. The minimum Gasteiger partial charge on any atom is -0.347 e. The Bertz CT molecular complexity index is 1480. The van der Waals surface area contributed by atoms with Crippen molar-refractivity contribution >= 4 is 39.2 Å². The van der Waals surface area contributed by atoms with Gasteiger partial charge in [-0.05, 0) is 42.6 Å². The van der Waals surface area contributed by atoms with E-state index < -0.39 is 0 Å². The number of H-pyrrole nitrogens is 1. The minimum absolute atomic E-state index is 0.163. The van der Waals surface area contributed by atoms with Crippen LogP contribution in [-0.4, -0.2) is 19.9 Å². The van der Waals surface area contributed by atoms with Crippen LogP contribution in [0.3, 0.4) is 0 Å². The standard InChI is InChI=1S/C24H18ClN5O/c1-14(19-11-16-10-17(25)6-7-21(16)29-23(19)31)28-24-27-9-8-22(30-24)20-13-26-12-15-4-2-3-5-18(15)20/h2-14H,1H3,(H,29,31)(H,27,28,30). The monoisotopic (exact) mass is 427 g/mol. The fraction of sp³-hybridized carbons (Fsp3) is 0.0833. The first-order chi connectivity index (χ1) is 15.1. The molecule has 5 aromatic rings. The van der Waals surface area contributed by atoms with Crippen LogP contribution in [0.25, 0.3) is 32.9 Å². The van der Waals surface area contributed by atoms with Gasteiger partial charge in [-0.1, -0.05) is 35.9 Å². The van der Waals surface area contributed by atoms with Gasteiger partial charge in [-0.3, -0.25) is 9.78 Å². The summed E-state index contributed by atoms with van der Waals surface area (Å²) in [5.41, 5.74) is 2.84. The lowest BCUT2D eigenvalue weighted by molar-refractivity contribution is 0.845. The van der Waals surface area contributed by atoms with Crippen molar-refractivity contribution in [2.75, 3.05) is 5.32 Å². The first-order valence-electron chi connectivity index (χ1n) is 9.84. The van der Waals surface area contributed by atoms with Gasteiger partial charge in [0.15, 0.2) is 0 Å². The number of anilines is 1. The van der Waals surface area contributed by atoms with Gasteiger partial charge >= 0.3 is 0 Å². The SMILES string of the molecule is CC(Nc1nccc(-c2cncc3ccccc23)n1)c1cc2cc(Cl)ccc2[nH]c1=O. The summed E-state index contributed by atoms with van der Waals surface area (Å²) in [5.74, 6) is 0.434. The van der Waals surface area contributed by atoms with Crippen LogP contribution in [0.15, 0.2) is 78.0 Å². The molecule has 1 atom stereocenters. The third-order valence-electron chi connectivity index (χ3n) is 5.25. The van der Waals surface area contributed by atoms with E-state index in [1.54, 1.807) is 24.5 Å². The number of fused-ring (bicyclic) bond motifs is 2. The predicted molar refractivity (Wildman–Crippen MR) is 124 cm³/mol. The average molecular weight is 428 g/mol. The molecule has 0 saturated carbocycles. The highest BCUT2D eigenvalue weighted by molar-refractivity contribution is 6.31. The number of pyridine rings is 2. The maximum Gasteiger partial charge on any atom is 0.253 e. The molecule has 0 amide bonds. The van der Waals surface area contributed by atoms with E-state index in [9.17, 15) is 4.79 Å². The van der Waals surface area contributed by atoms with Crippen molar-refractivity contribution in [1.82, 2.24) is 19.9 Å². The first-order valence-corrected chi connectivity index (χ1v) is 10.2. The van der Waals surface area contributed by atoms with Crippen LogP contribution in [0.5, 0.6) is 0 Å². The second kappa shape index (κ2) is 7.81. The Morgan fingerprint density at radius 1 is 1.03 bits per heavy atom. The molecule has 152 valence electrons. The van der Waals surface area contributed by atoms with Crippen molar-refractivity contribution < 1.29 is 0 Å². The van der Waals surface area contributed by atoms with Crippen LogP contribution in [0.4, 0.5) is 5.95 Å². The maximum absolute atomic E-state index is 12.6. The molecule has 0 aliphatic heterocycles. The summed E-state index contributed by atoms with van der Waals surface area (Å²) in [5, 5.41) is 6.84. The Morgan fingerprint density at radius 3 is 2.81 bits per heavy atom. The molecule has 0 saturated heterocycles. The van der Waals surface area contributed by atoms with E-state index in [4.69, 9.17) is 11.6 Å². The molecule has 1 unspecified atom stereocenters. The predicted octanol–water partition coefficient (Wildman–Crippen LogP) is 5.36. The first kappa shape index (κ1) is 19.2. The van der Waals surface area contributed by atoms with Crippen molar-refractivity contribution in [3.05, 3.63) is 94.1 Å². The lowest BCUT2D eigenvalue weighted by atomic mass is 10.1. The van der Waals surface area contributed by atoms with Gasteiger partial charge in [-0.15, -0.1) is 0 Å². The van der Waals surface area contributed by atoms with Gasteiger partial charge in [0.2, 0.25) is 5.95 Å². The maximum atomic E-state index is 12.6. The summed E-state index contributed by atoms with van der Waals surface area (Å²) in [6.45, 7) is 1.90. The molecule has 0 aliphatic rings. The van der Waals surface area contributed by atoms with E-state index in [1.807, 2.05) is 55.6 Å². The molecule has 0 spiro atoms. The number of halogens is 1. The topological polar surface area (TPSA) is 83.6 Å². The second-order valence-electron chi connectivity index (χ2n) is 7.33. The van der Waals surface area contributed by atoms with Crippen LogP contribution in [-0.2, 0) is 0 Å². The van der Waals surface area contributed by atoms with Gasteiger partial charge in [-0.25, -0.2) is 9.97 Å². The molecule has 0 fully saturated rings. The Morgan fingerprint density at radius 2 is 1.90 bits per heavy atom. The van der Waals surface area contributed by atoms with Gasteiger partial charge in [-0.2, -0.15) is 0 Å². The van der Waals surface area contributed by atoms with E-state index in [0.29, 0.717) is 16.5 Å². The lowest BCUT2D eigenvalue weighted by Gasteiger charge is -2.15. The van der Waals surface area contributed by atoms with Crippen LogP contribution in [0.2, 0.25) is 5.02 Å². The van der Waals surface area contributed by atoms with E-state index in [2.05, 4.69) is 25.3 Å². The van der Waals surface area contributed by atoms with Gasteiger partial charge in [0, 0.05) is 51.0 Å². The fourth-order valence-corrected chi connectivity index (χ4v) is 3.87. The summed E-state index contributed by atoms with van der Waals surface area (Å²) in [6, 6.07) is 16.8. The molecule has 31 heavy (non-hydrogen) atoms. The smallest absolute Gasteiger partial charge is 0.253 e. The number of nitrogens with zero attached hydrogens (tertiary/aromatic N) is 3. The number of aromatic nitrogens is 4. The normalized spacial score (nSPS) is 12.2. The van der Waals surface area contributed by atoms with Crippen LogP contribution < -0.4 is 10.9 Å². The number of rotatable bonds is 4. The highest BCUT2D eigenvalue weighted by atomic mass is 35.5. The average Bonchev–Trinajstić information content (AvgIpc) is 2.78. The van der Waals surface area contributed by atoms with Gasteiger partial charge in [0.1, 0.15) is 0 Å². The molecule has 0 bridgehead atoms. The Labute approximate surface area is 183 Å². The Balaban J connectivity index is 1.49. The zero-order chi connectivity index (χ0) is 21.4. The van der Waals surface area contributed by atoms with Crippen molar-refractivity contribution in [2.45, 2.75) is 13.0 Å². The van der Waals surface area contributed by atoms with E-state index in [1.165, 1.54) is 0 Å². The number of hydrogen-bond donors (Lipinski definition) is 2. The summed E-state index contributed by atoms with van der Waals surface area (Å²) >= 11 is 6.10. The fourth-order valence-electron chi connectivity index (χ4n) is 3.69. The number of aromatic amines is 1. The third-order valence-corrected chi connectivity index (χ3v) is 5.48. The van der Waals surface area contributed by atoms with Crippen LogP contribution >= 0.6 is 11.6 Å². The zero-order valence-electron chi connectivity index (χ0n) is 16.6. The molecular weight excluding hydrogens is 410 g/mol. The molecule has 6 nitrogen and oxygen atoms in total. The molecule has 0 radical (unpaired) electrons. The molecule has 2 N–H and O–H groups in total. The quantitative estimate of drug-likeness (QED) is 0.403. The van der Waals surface area contributed by atoms with Crippen molar-refractivity contribution in [2.24, 2.45) is 0 Å². The summed E-state index contributed by atoms with van der Waals surface area (Å²) in [4.78, 5) is 28.9. The van der Waals surface area contributed by atoms with Gasteiger partial charge < -0.3 is 10.3 Å². The molecule has 2 aromatic carbocycles. The van der Waals surface area contributed by atoms with E-state index >= 15 is 0 Å². The van der Waals surface area contributed by atoms with Crippen LogP contribution in [0, 0.1) is 0 Å². The molecule has 3 heterocycles. The van der Waals surface area contributed by atoms with Gasteiger partial charge in [0.25, 0.3) is 5.56 Å². The molecule has 5 rings (SSSR count). The second-order valence-corrected chi connectivity index (χ2v) is 7.76. The lowest BCUT2D eigenvalue weighted by Crippen LogP contribution is -2.20. The summed E-state index contributed by atoms with van der Waals surface area (Å²) in [7, 11) is 0.